The summed E-state index contributed by atoms with van der Waals surface area (Å²) >= 11 is 0. The molecule has 0 saturated carbocycles. The average molecular weight is 542 g/mol. The summed E-state index contributed by atoms with van der Waals surface area (Å²) in [4.78, 5) is 25.3. The van der Waals surface area contributed by atoms with Crippen molar-refractivity contribution in [2.75, 3.05) is 18.1 Å². The Labute approximate surface area is 223 Å². The molecule has 0 aliphatic heterocycles. The number of nitrogens with one attached hydrogen (secondary N) is 2. The molecule has 2 aromatic carbocycles. The quantitative estimate of drug-likeness (QED) is 0.464. The van der Waals surface area contributed by atoms with Crippen LogP contribution < -0.4 is 15.4 Å². The first-order valence-corrected chi connectivity index (χ1v) is 14.0. The average Bonchev–Trinajstić information content (AvgIpc) is 3.24. The second-order valence-corrected chi connectivity index (χ2v) is 13.5. The standard InChI is InChI=1S/C27H35N5O5S/c1-17-9-10-18(13-21(17)32-15-23(30-31-32)37-25(34)28-16-26(2,3)4)24(33)29-20-14-19(27(5,6)7)11-12-22(20)38(8,35)36/h9-15H,16H2,1-8H3,(H,28,34)(H,29,33). The number of hydrogen-bond donors (Lipinski definition) is 2. The molecule has 1 aromatic heterocycles. The SMILES string of the molecule is Cc1ccc(C(=O)Nc2cc(C(C)(C)C)ccc2S(C)(=O)=O)cc1-n1cc(OC(=O)NCC(C)(C)C)nn1. The van der Waals surface area contributed by atoms with E-state index in [0.29, 0.717) is 12.2 Å². The molecule has 0 bridgehead atoms. The van der Waals surface area contributed by atoms with E-state index in [4.69, 9.17) is 4.74 Å². The Bertz CT molecular complexity index is 1460. The lowest BCUT2D eigenvalue weighted by Gasteiger charge is -2.21. The molecule has 0 fully saturated rings. The molecule has 0 radical (unpaired) electrons. The molecule has 11 heteroatoms. The Morgan fingerprint density at radius 2 is 1.71 bits per heavy atom. The zero-order valence-electron chi connectivity index (χ0n) is 23.0. The predicted molar refractivity (Wildman–Crippen MR) is 146 cm³/mol. The van der Waals surface area contributed by atoms with Gasteiger partial charge in [0.25, 0.3) is 11.8 Å². The zero-order valence-corrected chi connectivity index (χ0v) is 23.9. The molecule has 0 atom stereocenters. The maximum Gasteiger partial charge on any atom is 0.414 e. The summed E-state index contributed by atoms with van der Waals surface area (Å²) in [5.74, 6) is -0.484. The molecule has 2 N–H and O–H groups in total. The molecule has 10 nitrogen and oxygen atoms in total. The van der Waals surface area contributed by atoms with Gasteiger partial charge >= 0.3 is 6.09 Å². The summed E-state index contributed by atoms with van der Waals surface area (Å²) in [6, 6.07) is 9.94. The van der Waals surface area contributed by atoms with E-state index in [-0.39, 0.29) is 32.9 Å². The number of amides is 2. The summed E-state index contributed by atoms with van der Waals surface area (Å²) in [5, 5.41) is 13.4. The fraction of sp³-hybridized carbons (Fsp3) is 0.407. The van der Waals surface area contributed by atoms with Crippen molar-refractivity contribution in [2.45, 2.75) is 58.8 Å². The lowest BCUT2D eigenvalue weighted by molar-refractivity contribution is 0.102. The number of rotatable bonds is 6. The van der Waals surface area contributed by atoms with E-state index < -0.39 is 21.8 Å². The smallest absolute Gasteiger partial charge is 0.388 e. The summed E-state index contributed by atoms with van der Waals surface area (Å²) < 4.78 is 31.4. The third-order valence-electron chi connectivity index (χ3n) is 5.64. The molecule has 3 aromatic rings. The van der Waals surface area contributed by atoms with Crippen molar-refractivity contribution in [3.8, 4) is 11.6 Å². The maximum absolute atomic E-state index is 13.2. The number of carbonyl (C=O) groups excluding carboxylic acids is 2. The van der Waals surface area contributed by atoms with Gasteiger partial charge in [0.2, 0.25) is 0 Å². The Balaban J connectivity index is 1.86. The van der Waals surface area contributed by atoms with Crippen LogP contribution in [0, 0.1) is 12.3 Å². The van der Waals surface area contributed by atoms with Crippen LogP contribution in [-0.2, 0) is 15.3 Å². The van der Waals surface area contributed by atoms with Crippen LogP contribution in [0.1, 0.15) is 63.0 Å². The molecule has 0 saturated heterocycles. The number of nitrogens with zero attached hydrogens (tertiary/aromatic N) is 3. The third-order valence-corrected chi connectivity index (χ3v) is 6.80. The van der Waals surface area contributed by atoms with Gasteiger partial charge in [-0.15, -0.1) is 0 Å². The van der Waals surface area contributed by atoms with E-state index in [1.54, 1.807) is 30.3 Å². The predicted octanol–water partition coefficient (Wildman–Crippen LogP) is 4.66. The molecule has 0 unspecified atom stereocenters. The molecular weight excluding hydrogens is 506 g/mol. The summed E-state index contributed by atoms with van der Waals surface area (Å²) in [6.07, 6.45) is 1.90. The molecule has 3 rings (SSSR count). The minimum absolute atomic E-state index is 0.00227. The van der Waals surface area contributed by atoms with Gasteiger partial charge in [0, 0.05) is 18.4 Å². The number of hydrogen-bond acceptors (Lipinski definition) is 7. The molecule has 38 heavy (non-hydrogen) atoms. The van der Waals surface area contributed by atoms with Crippen LogP contribution >= 0.6 is 0 Å². The lowest BCUT2D eigenvalue weighted by atomic mass is 9.87. The largest absolute Gasteiger partial charge is 0.414 e. The van der Waals surface area contributed by atoms with Crippen molar-refractivity contribution in [1.29, 1.82) is 0 Å². The number of sulfone groups is 1. The van der Waals surface area contributed by atoms with Crippen molar-refractivity contribution >= 4 is 27.5 Å². The van der Waals surface area contributed by atoms with Crippen LogP contribution in [0.15, 0.2) is 47.5 Å². The van der Waals surface area contributed by atoms with Gasteiger partial charge in [0.05, 0.1) is 22.5 Å². The van der Waals surface area contributed by atoms with Gasteiger partial charge in [-0.2, -0.15) is 0 Å². The fourth-order valence-corrected chi connectivity index (χ4v) is 4.32. The van der Waals surface area contributed by atoms with Gasteiger partial charge in [0.1, 0.15) is 0 Å². The van der Waals surface area contributed by atoms with Crippen LogP contribution in [0.4, 0.5) is 10.5 Å². The summed E-state index contributed by atoms with van der Waals surface area (Å²) in [5.41, 5.74) is 2.36. The first-order valence-electron chi connectivity index (χ1n) is 12.1. The number of anilines is 1. The fourth-order valence-electron chi connectivity index (χ4n) is 3.49. The van der Waals surface area contributed by atoms with E-state index in [9.17, 15) is 18.0 Å². The van der Waals surface area contributed by atoms with Gasteiger partial charge in [0.15, 0.2) is 9.84 Å². The molecular formula is C27H35N5O5S. The topological polar surface area (TPSA) is 132 Å². The number of aryl methyl sites for hydroxylation is 1. The molecule has 0 spiro atoms. The van der Waals surface area contributed by atoms with Gasteiger partial charge in [-0.05, 0) is 53.1 Å². The van der Waals surface area contributed by atoms with Crippen molar-refractivity contribution in [3.63, 3.8) is 0 Å². The van der Waals surface area contributed by atoms with E-state index in [2.05, 4.69) is 20.9 Å². The number of aromatic nitrogens is 3. The molecule has 1 heterocycles. The van der Waals surface area contributed by atoms with Crippen LogP contribution in [-0.4, -0.2) is 48.2 Å². The lowest BCUT2D eigenvalue weighted by Crippen LogP contribution is -2.34. The second-order valence-electron chi connectivity index (χ2n) is 11.5. The Hall–Kier alpha value is -3.73. The van der Waals surface area contributed by atoms with Gasteiger partial charge in [-0.1, -0.05) is 64.0 Å². The highest BCUT2D eigenvalue weighted by atomic mass is 32.2. The van der Waals surface area contributed by atoms with Crippen LogP contribution in [0.5, 0.6) is 5.88 Å². The van der Waals surface area contributed by atoms with Crippen LogP contribution in [0.25, 0.3) is 5.69 Å². The number of benzene rings is 2. The van der Waals surface area contributed by atoms with Gasteiger partial charge in [-0.3, -0.25) is 4.79 Å². The Kier molecular flexibility index (Phi) is 8.02. The van der Waals surface area contributed by atoms with Crippen molar-refractivity contribution in [3.05, 3.63) is 59.3 Å². The normalized spacial score (nSPS) is 12.2. The van der Waals surface area contributed by atoms with Crippen LogP contribution in [0.2, 0.25) is 0 Å². The Morgan fingerprint density at radius 1 is 1.03 bits per heavy atom. The zero-order chi connectivity index (χ0) is 28.5. The van der Waals surface area contributed by atoms with E-state index >= 15 is 0 Å². The van der Waals surface area contributed by atoms with E-state index in [1.807, 2.05) is 48.5 Å². The second kappa shape index (κ2) is 10.6. The first kappa shape index (κ1) is 28.8. The minimum Gasteiger partial charge on any atom is -0.388 e. The van der Waals surface area contributed by atoms with Crippen molar-refractivity contribution in [2.24, 2.45) is 5.41 Å². The monoisotopic (exact) mass is 541 g/mol. The van der Waals surface area contributed by atoms with Crippen molar-refractivity contribution in [1.82, 2.24) is 20.3 Å². The van der Waals surface area contributed by atoms with E-state index in [0.717, 1.165) is 17.4 Å². The van der Waals surface area contributed by atoms with Gasteiger partial charge in [-0.25, -0.2) is 17.9 Å². The molecule has 2 amide bonds. The van der Waals surface area contributed by atoms with E-state index in [1.165, 1.54) is 16.9 Å². The van der Waals surface area contributed by atoms with Crippen molar-refractivity contribution < 1.29 is 22.7 Å². The summed E-state index contributed by atoms with van der Waals surface area (Å²) in [6.45, 7) is 14.2. The molecule has 0 aliphatic rings. The summed E-state index contributed by atoms with van der Waals surface area (Å²) in [7, 11) is -3.58. The molecule has 0 aliphatic carbocycles. The van der Waals surface area contributed by atoms with Gasteiger partial charge < -0.3 is 15.4 Å². The maximum atomic E-state index is 13.2. The third kappa shape index (κ3) is 7.41. The first-order chi connectivity index (χ1) is 17.4. The van der Waals surface area contributed by atoms with Crippen LogP contribution in [0.3, 0.4) is 0 Å². The Morgan fingerprint density at radius 3 is 2.32 bits per heavy atom. The number of carbonyl (C=O) groups is 2. The minimum atomic E-state index is -3.58. The molecule has 204 valence electrons. The number of ether oxygens (including phenoxy) is 1. The highest BCUT2D eigenvalue weighted by molar-refractivity contribution is 7.90. The highest BCUT2D eigenvalue weighted by Crippen LogP contribution is 2.30. The highest BCUT2D eigenvalue weighted by Gasteiger charge is 2.22.